The summed E-state index contributed by atoms with van der Waals surface area (Å²) in [5.74, 6) is 0.0285. The standard InChI is InChI=1S/C23H22N6O.C16H13FN4O.C7H10N2/c1-13(17-7-3-4-10-24-17)27-22-14(2)26-19-8-5-6-15(21(19)29-22)20-12-16-18(28-20)9-11-25-23(16)30;1-8-15(17)21-14-9(3-2-4-12(14)19-8)13-7-10-11(20-13)5-6-18-16(10)22;1-6(8)7-4-2-3-5-9-7/h3-8,10,12-13,28H,9,11H2,1-2H3,(H,25,30)(H,27,29);2-4,7,20H,5-6H2,1H3,(H,18,22);2-6H,8H2,1H3. The first-order valence-corrected chi connectivity index (χ1v) is 20.1. The molecule has 2 aliphatic heterocycles. The van der Waals surface area contributed by atoms with Crippen LogP contribution in [0.15, 0.2) is 97.3 Å². The fraction of sp³-hybridized carbons (Fsp3) is 0.217. The summed E-state index contributed by atoms with van der Waals surface area (Å²) in [6.45, 7) is 8.78. The summed E-state index contributed by atoms with van der Waals surface area (Å²) in [6, 6.07) is 26.8. The van der Waals surface area contributed by atoms with Gasteiger partial charge in [-0.25, -0.2) is 19.9 Å². The molecule has 0 radical (unpaired) electrons. The Labute approximate surface area is 351 Å². The number of amides is 2. The third kappa shape index (κ3) is 8.68. The maximum Gasteiger partial charge on any atom is 0.253 e. The highest BCUT2D eigenvalue weighted by Gasteiger charge is 2.23. The molecule has 8 heterocycles. The summed E-state index contributed by atoms with van der Waals surface area (Å²) >= 11 is 0. The van der Waals surface area contributed by atoms with E-state index in [4.69, 9.17) is 15.7 Å². The van der Waals surface area contributed by atoms with Crippen LogP contribution in [0.3, 0.4) is 0 Å². The summed E-state index contributed by atoms with van der Waals surface area (Å²) < 4.78 is 13.8. The maximum atomic E-state index is 13.8. The average molecular weight is 817 g/mol. The number of halogens is 1. The molecule has 2 unspecified atom stereocenters. The second kappa shape index (κ2) is 17.5. The topological polar surface area (TPSA) is 205 Å². The van der Waals surface area contributed by atoms with Crippen LogP contribution >= 0.6 is 0 Å². The van der Waals surface area contributed by atoms with Gasteiger partial charge in [-0.3, -0.25) is 19.6 Å². The summed E-state index contributed by atoms with van der Waals surface area (Å²) in [4.78, 5) is 57.1. The van der Waals surface area contributed by atoms with E-state index >= 15 is 0 Å². The van der Waals surface area contributed by atoms with Crippen molar-refractivity contribution in [1.29, 1.82) is 0 Å². The minimum absolute atomic E-state index is 0.00897. The number of benzene rings is 2. The third-order valence-electron chi connectivity index (χ3n) is 10.5. The monoisotopic (exact) mass is 816 g/mol. The van der Waals surface area contributed by atoms with E-state index in [0.717, 1.165) is 80.7 Å². The Morgan fingerprint density at radius 3 is 1.66 bits per heavy atom. The molecule has 6 aromatic heterocycles. The molecule has 10 rings (SSSR count). The lowest BCUT2D eigenvalue weighted by Crippen LogP contribution is -2.31. The highest BCUT2D eigenvalue weighted by Crippen LogP contribution is 2.32. The zero-order valence-electron chi connectivity index (χ0n) is 34.2. The number of nitrogens with zero attached hydrogens (tertiary/aromatic N) is 6. The SMILES string of the molecule is CC(N)c1ccccn1.Cc1nc2cccc(-c3cc4c([nH]3)CCNC4=O)c2nc1F.Cc1nc2cccc(-c3cc4c([nH]3)CCNC4=O)c2nc1NC(C)c1ccccn1. The van der Waals surface area contributed by atoms with Gasteiger partial charge in [0.15, 0.2) is 0 Å². The summed E-state index contributed by atoms with van der Waals surface area (Å²) in [5.41, 5.74) is 17.8. The number of fused-ring (bicyclic) bond motifs is 4. The zero-order valence-corrected chi connectivity index (χ0v) is 34.2. The molecule has 61 heavy (non-hydrogen) atoms. The molecule has 7 N–H and O–H groups in total. The number of nitrogens with two attached hydrogens (primary N) is 1. The summed E-state index contributed by atoms with van der Waals surface area (Å²) in [5, 5.41) is 9.14. The molecule has 2 aromatic carbocycles. The highest BCUT2D eigenvalue weighted by atomic mass is 19.1. The molecular formula is C46H45FN12O2. The van der Waals surface area contributed by atoms with Gasteiger partial charge in [0, 0.05) is 78.3 Å². The van der Waals surface area contributed by atoms with Crippen LogP contribution in [0.25, 0.3) is 44.6 Å². The summed E-state index contributed by atoms with van der Waals surface area (Å²) in [6.07, 6.45) is 5.09. The van der Waals surface area contributed by atoms with Gasteiger partial charge in [0.1, 0.15) is 16.9 Å². The first kappa shape index (κ1) is 40.4. The van der Waals surface area contributed by atoms with Crippen LogP contribution in [-0.2, 0) is 12.8 Å². The van der Waals surface area contributed by atoms with E-state index in [1.807, 2.05) is 86.6 Å². The molecule has 2 aliphatic rings. The van der Waals surface area contributed by atoms with Crippen molar-refractivity contribution in [3.05, 3.63) is 149 Å². The Balaban J connectivity index is 0.000000144. The van der Waals surface area contributed by atoms with Crippen molar-refractivity contribution in [3.8, 4) is 22.5 Å². The van der Waals surface area contributed by atoms with Gasteiger partial charge in [-0.2, -0.15) is 4.39 Å². The van der Waals surface area contributed by atoms with Crippen molar-refractivity contribution in [2.45, 2.75) is 52.6 Å². The lowest BCUT2D eigenvalue weighted by molar-refractivity contribution is 0.0937. The molecule has 0 saturated heterocycles. The van der Waals surface area contributed by atoms with Gasteiger partial charge >= 0.3 is 0 Å². The van der Waals surface area contributed by atoms with Crippen molar-refractivity contribution < 1.29 is 14.0 Å². The van der Waals surface area contributed by atoms with Crippen molar-refractivity contribution in [3.63, 3.8) is 0 Å². The van der Waals surface area contributed by atoms with E-state index in [2.05, 4.69) is 52.8 Å². The van der Waals surface area contributed by atoms with Gasteiger partial charge in [0.25, 0.3) is 11.8 Å². The van der Waals surface area contributed by atoms with Gasteiger partial charge in [0.2, 0.25) is 5.95 Å². The molecule has 0 spiro atoms. The number of aryl methyl sites for hydroxylation is 2. The van der Waals surface area contributed by atoms with E-state index in [9.17, 15) is 14.0 Å². The Bertz CT molecular complexity index is 2880. The summed E-state index contributed by atoms with van der Waals surface area (Å²) in [7, 11) is 0. The van der Waals surface area contributed by atoms with Crippen molar-refractivity contribution in [2.75, 3.05) is 18.4 Å². The Morgan fingerprint density at radius 1 is 0.639 bits per heavy atom. The Morgan fingerprint density at radius 2 is 1.16 bits per heavy atom. The second-order valence-electron chi connectivity index (χ2n) is 14.9. The van der Waals surface area contributed by atoms with Crippen molar-refractivity contribution in [2.24, 2.45) is 5.73 Å². The van der Waals surface area contributed by atoms with Gasteiger partial charge in [-0.1, -0.05) is 36.4 Å². The van der Waals surface area contributed by atoms with Crippen molar-refractivity contribution in [1.82, 2.24) is 50.5 Å². The Kier molecular flexibility index (Phi) is 11.6. The number of hydrogen-bond donors (Lipinski definition) is 6. The van der Waals surface area contributed by atoms with Crippen LogP contribution in [0.5, 0.6) is 0 Å². The largest absolute Gasteiger partial charge is 0.360 e. The third-order valence-corrected chi connectivity index (χ3v) is 10.5. The molecule has 15 heteroatoms. The normalized spacial score (nSPS) is 14.0. The molecular weight excluding hydrogens is 772 g/mol. The van der Waals surface area contributed by atoms with Gasteiger partial charge < -0.3 is 31.7 Å². The average Bonchev–Trinajstić information content (AvgIpc) is 3.92. The van der Waals surface area contributed by atoms with Crippen LogP contribution in [0.4, 0.5) is 10.2 Å². The molecule has 0 fully saturated rings. The van der Waals surface area contributed by atoms with E-state index in [1.165, 1.54) is 0 Å². The fourth-order valence-corrected chi connectivity index (χ4v) is 7.32. The number of nitrogens with one attached hydrogen (secondary N) is 5. The number of rotatable bonds is 6. The van der Waals surface area contributed by atoms with Gasteiger partial charge in [-0.15, -0.1) is 0 Å². The van der Waals surface area contributed by atoms with E-state index in [0.29, 0.717) is 35.2 Å². The molecule has 0 saturated carbocycles. The predicted molar refractivity (Wildman–Crippen MR) is 233 cm³/mol. The molecule has 308 valence electrons. The zero-order chi connectivity index (χ0) is 42.6. The maximum absolute atomic E-state index is 13.8. The predicted octanol–water partition coefficient (Wildman–Crippen LogP) is 7.25. The number of H-pyrrole nitrogens is 2. The smallest absolute Gasteiger partial charge is 0.253 e. The van der Waals surface area contributed by atoms with Crippen LogP contribution in [0, 0.1) is 19.8 Å². The number of para-hydroxylation sites is 2. The number of pyridine rings is 2. The number of aromatic amines is 2. The van der Waals surface area contributed by atoms with E-state index in [-0.39, 0.29) is 29.6 Å². The minimum atomic E-state index is -0.575. The van der Waals surface area contributed by atoms with Crippen LogP contribution in [0.2, 0.25) is 0 Å². The minimum Gasteiger partial charge on any atom is -0.360 e. The van der Waals surface area contributed by atoms with E-state index < -0.39 is 5.95 Å². The number of carbonyl (C=O) groups excluding carboxylic acids is 2. The van der Waals surface area contributed by atoms with Crippen LogP contribution < -0.4 is 21.7 Å². The first-order chi connectivity index (χ1) is 29.5. The van der Waals surface area contributed by atoms with Crippen LogP contribution in [0.1, 0.15) is 80.8 Å². The molecule has 0 aliphatic carbocycles. The number of anilines is 1. The number of hydrogen-bond acceptors (Lipinski definition) is 10. The quantitative estimate of drug-likeness (QED) is 0.0992. The van der Waals surface area contributed by atoms with Gasteiger partial charge in [-0.05, 0) is 76.2 Å². The Hall–Kier alpha value is -7.39. The lowest BCUT2D eigenvalue weighted by atomic mass is 10.1. The molecule has 0 bridgehead atoms. The molecule has 14 nitrogen and oxygen atoms in total. The number of carbonyl (C=O) groups is 2. The molecule has 8 aromatic rings. The lowest BCUT2D eigenvalue weighted by Gasteiger charge is -2.16. The van der Waals surface area contributed by atoms with E-state index in [1.54, 1.807) is 31.5 Å². The fourth-order valence-electron chi connectivity index (χ4n) is 7.32. The second-order valence-corrected chi connectivity index (χ2v) is 14.9. The molecule has 2 atom stereocenters. The van der Waals surface area contributed by atoms with Crippen molar-refractivity contribution >= 4 is 39.7 Å². The highest BCUT2D eigenvalue weighted by molar-refractivity contribution is 6.00. The first-order valence-electron chi connectivity index (χ1n) is 20.1. The van der Waals surface area contributed by atoms with Gasteiger partial charge in [0.05, 0.1) is 51.0 Å². The van der Waals surface area contributed by atoms with Crippen LogP contribution in [-0.4, -0.2) is 64.8 Å². The number of aromatic nitrogens is 8. The molecule has 2 amide bonds.